The molecule has 0 bridgehead atoms. The molecule has 3 unspecified atom stereocenters. The van der Waals surface area contributed by atoms with Crippen molar-refractivity contribution in [2.45, 2.75) is 97.0 Å². The van der Waals surface area contributed by atoms with E-state index < -0.39 is 5.60 Å². The Morgan fingerprint density at radius 2 is 1.72 bits per heavy atom. The molecule has 1 N–H and O–H groups in total. The van der Waals surface area contributed by atoms with Gasteiger partial charge in [-0.25, -0.2) is 0 Å². The maximum Gasteiger partial charge on any atom is 0.155 e. The average Bonchev–Trinajstić information content (AvgIpc) is 3.02. The number of hydrogen-bond acceptors (Lipinski definition) is 2. The third-order valence-corrected chi connectivity index (χ3v) is 10.8. The van der Waals surface area contributed by atoms with Gasteiger partial charge < -0.3 is 5.11 Å². The van der Waals surface area contributed by atoms with Gasteiger partial charge in [-0.05, 0) is 111 Å². The molecule has 32 heavy (non-hydrogen) atoms. The Labute approximate surface area is 194 Å². The minimum atomic E-state index is -0.528. The Morgan fingerprint density at radius 1 is 0.969 bits per heavy atom. The van der Waals surface area contributed by atoms with Crippen molar-refractivity contribution in [3.8, 4) is 0 Å². The number of aryl methyl sites for hydroxylation is 1. The van der Waals surface area contributed by atoms with E-state index in [0.29, 0.717) is 29.5 Å². The third kappa shape index (κ3) is 3.52. The molecule has 0 saturated heterocycles. The van der Waals surface area contributed by atoms with E-state index in [1.54, 1.807) is 0 Å². The van der Waals surface area contributed by atoms with E-state index in [0.717, 1.165) is 38.5 Å². The van der Waals surface area contributed by atoms with Crippen molar-refractivity contribution in [2.75, 3.05) is 0 Å². The lowest BCUT2D eigenvalue weighted by Crippen LogP contribution is -2.56. The van der Waals surface area contributed by atoms with Crippen LogP contribution in [0, 0.1) is 34.5 Å². The van der Waals surface area contributed by atoms with Gasteiger partial charge in [0, 0.05) is 6.42 Å². The van der Waals surface area contributed by atoms with Gasteiger partial charge in [-0.2, -0.15) is 0 Å². The van der Waals surface area contributed by atoms with E-state index in [9.17, 15) is 9.90 Å². The van der Waals surface area contributed by atoms with Gasteiger partial charge in [0.2, 0.25) is 0 Å². The molecule has 1 aromatic carbocycles. The molecule has 1 aromatic rings. The Hall–Kier alpha value is -1.41. The van der Waals surface area contributed by atoms with Crippen LogP contribution in [0.5, 0.6) is 0 Å². The molecule has 7 atom stereocenters. The predicted octanol–water partition coefficient (Wildman–Crippen LogP) is 6.91. The summed E-state index contributed by atoms with van der Waals surface area (Å²) in [5.74, 6) is 3.03. The summed E-state index contributed by atoms with van der Waals surface area (Å²) in [6.45, 7) is 6.98. The second-order valence-electron chi connectivity index (χ2n) is 12.3. The van der Waals surface area contributed by atoms with Crippen molar-refractivity contribution in [3.05, 3.63) is 47.5 Å². The summed E-state index contributed by atoms with van der Waals surface area (Å²) in [5.41, 5.74) is 2.64. The topological polar surface area (TPSA) is 37.3 Å². The van der Waals surface area contributed by atoms with E-state index in [2.05, 4.69) is 57.2 Å². The van der Waals surface area contributed by atoms with Crippen LogP contribution in [0.3, 0.4) is 0 Å². The summed E-state index contributed by atoms with van der Waals surface area (Å²) < 4.78 is 0. The van der Waals surface area contributed by atoms with Gasteiger partial charge in [0.05, 0.1) is 5.60 Å². The molecule has 2 heteroatoms. The highest BCUT2D eigenvalue weighted by Crippen LogP contribution is 2.69. The molecule has 0 spiro atoms. The normalized spacial score (nSPS) is 43.2. The lowest BCUT2D eigenvalue weighted by molar-refractivity contribution is -0.135. The molecule has 0 aromatic heterocycles. The zero-order chi connectivity index (χ0) is 22.6. The number of hydrogen-bond donors (Lipinski definition) is 1. The number of carbonyl (C=O) groups excluding carboxylic acids is 1. The minimum absolute atomic E-state index is 0.0541. The van der Waals surface area contributed by atoms with E-state index >= 15 is 0 Å². The summed E-state index contributed by atoms with van der Waals surface area (Å²) >= 11 is 0. The average molecular weight is 435 g/mol. The van der Waals surface area contributed by atoms with Crippen LogP contribution in [0.15, 0.2) is 42.0 Å². The van der Waals surface area contributed by atoms with E-state index in [-0.39, 0.29) is 10.8 Å². The first-order valence-corrected chi connectivity index (χ1v) is 13.2. The van der Waals surface area contributed by atoms with E-state index in [4.69, 9.17) is 0 Å². The first-order valence-electron chi connectivity index (χ1n) is 13.2. The van der Waals surface area contributed by atoms with Crippen LogP contribution in [-0.2, 0) is 11.2 Å². The third-order valence-electron chi connectivity index (χ3n) is 10.8. The van der Waals surface area contributed by atoms with Crippen molar-refractivity contribution in [3.63, 3.8) is 0 Å². The number of unbranched alkanes of at least 4 members (excludes halogenated alkanes) is 1. The molecule has 5 rings (SSSR count). The molecule has 0 heterocycles. The Balaban J connectivity index is 1.39. The van der Waals surface area contributed by atoms with Gasteiger partial charge in [-0.1, -0.05) is 56.2 Å². The Kier molecular flexibility index (Phi) is 5.68. The maximum atomic E-state index is 12.4. The first kappa shape index (κ1) is 22.4. The minimum Gasteiger partial charge on any atom is -0.390 e. The van der Waals surface area contributed by atoms with Crippen molar-refractivity contribution in [1.29, 1.82) is 0 Å². The summed E-state index contributed by atoms with van der Waals surface area (Å²) in [5, 5.41) is 11.3. The number of aliphatic hydroxyl groups is 1. The highest BCUT2D eigenvalue weighted by atomic mass is 16.3. The molecular weight excluding hydrogens is 392 g/mol. The van der Waals surface area contributed by atoms with Crippen molar-refractivity contribution in [1.82, 2.24) is 0 Å². The number of ketones is 1. The van der Waals surface area contributed by atoms with E-state index in [1.165, 1.54) is 43.2 Å². The van der Waals surface area contributed by atoms with Crippen molar-refractivity contribution >= 4 is 5.78 Å². The molecule has 0 amide bonds. The molecular formula is C30H42O2. The number of benzene rings is 1. The van der Waals surface area contributed by atoms with Crippen LogP contribution >= 0.6 is 0 Å². The summed E-state index contributed by atoms with van der Waals surface area (Å²) in [6.07, 6.45) is 14.4. The Morgan fingerprint density at radius 3 is 2.50 bits per heavy atom. The van der Waals surface area contributed by atoms with Crippen molar-refractivity contribution < 1.29 is 9.90 Å². The zero-order valence-electron chi connectivity index (χ0n) is 20.4. The lowest BCUT2D eigenvalue weighted by Gasteiger charge is -2.61. The number of rotatable bonds is 5. The fraction of sp³-hybridized carbons (Fsp3) is 0.700. The molecule has 4 aliphatic rings. The number of carbonyl (C=O) groups is 1. The monoisotopic (exact) mass is 434 g/mol. The van der Waals surface area contributed by atoms with Gasteiger partial charge in [0.1, 0.15) is 0 Å². The molecule has 3 fully saturated rings. The smallest absolute Gasteiger partial charge is 0.155 e. The SMILES string of the molecule is C[C@]12CCC(=O)C=C1C[C@@H](CCCCc1ccccc1)C1C2CC[C@@]2(C)C1CC[C@]2(C)O. The molecule has 0 radical (unpaired) electrons. The van der Waals surface area contributed by atoms with Gasteiger partial charge in [-0.15, -0.1) is 0 Å². The van der Waals surface area contributed by atoms with Gasteiger partial charge >= 0.3 is 0 Å². The standard InChI is InChI=1S/C30H42O2/c1-28-16-13-24(31)20-23(28)19-22(12-8-7-11-21-9-5-4-6-10-21)27-25(28)14-17-29(2)26(27)15-18-30(29,3)32/h4-6,9-10,20,22,25-27,32H,7-8,11-19H2,1-3H3/t22-,25?,26?,27?,28+,29+,30+/m1/s1. The summed E-state index contributed by atoms with van der Waals surface area (Å²) in [7, 11) is 0. The van der Waals surface area contributed by atoms with Gasteiger partial charge in [0.25, 0.3) is 0 Å². The maximum absolute atomic E-state index is 12.4. The number of allylic oxidation sites excluding steroid dienone is 1. The molecule has 2 nitrogen and oxygen atoms in total. The second-order valence-corrected chi connectivity index (χ2v) is 12.3. The first-order chi connectivity index (χ1) is 15.2. The zero-order valence-corrected chi connectivity index (χ0v) is 20.4. The quantitative estimate of drug-likeness (QED) is 0.511. The second kappa shape index (κ2) is 8.12. The van der Waals surface area contributed by atoms with E-state index in [1.807, 2.05) is 0 Å². The molecule has 174 valence electrons. The highest BCUT2D eigenvalue weighted by molar-refractivity contribution is 5.91. The summed E-state index contributed by atoms with van der Waals surface area (Å²) in [4.78, 5) is 12.4. The fourth-order valence-electron chi connectivity index (χ4n) is 8.62. The van der Waals surface area contributed by atoms with Gasteiger partial charge in [-0.3, -0.25) is 4.79 Å². The molecule has 0 aliphatic heterocycles. The predicted molar refractivity (Wildman–Crippen MR) is 130 cm³/mol. The van der Waals surface area contributed by atoms with Gasteiger partial charge in [0.15, 0.2) is 5.78 Å². The van der Waals surface area contributed by atoms with Crippen LogP contribution < -0.4 is 0 Å². The van der Waals surface area contributed by atoms with Crippen LogP contribution in [0.25, 0.3) is 0 Å². The van der Waals surface area contributed by atoms with Crippen molar-refractivity contribution in [2.24, 2.45) is 34.5 Å². The largest absolute Gasteiger partial charge is 0.390 e. The number of fused-ring (bicyclic) bond motifs is 5. The fourth-order valence-corrected chi connectivity index (χ4v) is 8.62. The molecule has 3 saturated carbocycles. The van der Waals surface area contributed by atoms with Crippen LogP contribution in [0.2, 0.25) is 0 Å². The van der Waals surface area contributed by atoms with Crippen LogP contribution in [-0.4, -0.2) is 16.5 Å². The highest BCUT2D eigenvalue weighted by Gasteiger charge is 2.64. The molecule has 4 aliphatic carbocycles. The summed E-state index contributed by atoms with van der Waals surface area (Å²) in [6, 6.07) is 10.9. The Bertz CT molecular complexity index is 883. The van der Waals surface area contributed by atoms with Crippen LogP contribution in [0.4, 0.5) is 0 Å². The lowest BCUT2D eigenvalue weighted by atomic mass is 9.44. The van der Waals surface area contributed by atoms with Crippen LogP contribution in [0.1, 0.15) is 90.5 Å².